The molecule has 3 aromatic rings. The number of nitrogens with zero attached hydrogens (tertiary/aromatic N) is 1. The topological polar surface area (TPSA) is 116 Å². The number of carboxylic acids is 1. The zero-order valence-corrected chi connectivity index (χ0v) is 19.5. The lowest BCUT2D eigenvalue weighted by Gasteiger charge is -2.35. The van der Waals surface area contributed by atoms with E-state index in [0.29, 0.717) is 0 Å². The van der Waals surface area contributed by atoms with Crippen LogP contribution in [0, 0.1) is 0 Å². The Hall–Kier alpha value is -4.17. The second-order valence-electron chi connectivity index (χ2n) is 9.00. The molecule has 2 amide bonds. The Morgan fingerprint density at radius 3 is 2.11 bits per heavy atom. The van der Waals surface area contributed by atoms with Gasteiger partial charge in [-0.2, -0.15) is 0 Å². The van der Waals surface area contributed by atoms with Crippen molar-refractivity contribution in [1.29, 1.82) is 0 Å². The van der Waals surface area contributed by atoms with E-state index in [1.165, 1.54) is 4.90 Å². The van der Waals surface area contributed by atoms with Gasteiger partial charge in [0.2, 0.25) is 5.91 Å². The van der Waals surface area contributed by atoms with E-state index in [4.69, 9.17) is 4.74 Å². The average molecular weight is 487 g/mol. The summed E-state index contributed by atoms with van der Waals surface area (Å²) in [7, 11) is 0. The van der Waals surface area contributed by atoms with Crippen molar-refractivity contribution in [1.82, 2.24) is 10.2 Å². The molecule has 0 fully saturated rings. The maximum atomic E-state index is 13.4. The Labute approximate surface area is 208 Å². The van der Waals surface area contributed by atoms with E-state index in [0.717, 1.165) is 33.4 Å². The van der Waals surface area contributed by atoms with Crippen LogP contribution in [0.5, 0.6) is 0 Å². The first-order valence-corrected chi connectivity index (χ1v) is 11.8. The molecule has 36 heavy (non-hydrogen) atoms. The molecule has 0 aromatic heterocycles. The van der Waals surface area contributed by atoms with Gasteiger partial charge in [0, 0.05) is 12.3 Å². The number of aliphatic hydroxyl groups excluding tert-OH is 1. The first-order valence-electron chi connectivity index (χ1n) is 11.8. The molecule has 3 aromatic carbocycles. The van der Waals surface area contributed by atoms with Crippen LogP contribution in [0.3, 0.4) is 0 Å². The largest absolute Gasteiger partial charge is 0.480 e. The molecule has 8 nitrogen and oxygen atoms in total. The number of ether oxygens (including phenoxy) is 1. The van der Waals surface area contributed by atoms with Gasteiger partial charge in [0.1, 0.15) is 18.7 Å². The molecule has 0 radical (unpaired) electrons. The monoisotopic (exact) mass is 486 g/mol. The highest BCUT2D eigenvalue weighted by Gasteiger charge is 2.38. The van der Waals surface area contributed by atoms with Gasteiger partial charge in [0.15, 0.2) is 0 Å². The van der Waals surface area contributed by atoms with Gasteiger partial charge in [0.05, 0.1) is 13.2 Å². The number of rotatable bonds is 6. The molecule has 5 rings (SSSR count). The van der Waals surface area contributed by atoms with Gasteiger partial charge in [-0.15, -0.1) is 0 Å². The smallest absolute Gasteiger partial charge is 0.410 e. The molecule has 8 heteroatoms. The second-order valence-corrected chi connectivity index (χ2v) is 9.00. The molecule has 1 heterocycles. The number of nitrogens with one attached hydrogen (secondary N) is 1. The third-order valence-electron chi connectivity index (χ3n) is 6.92. The molecule has 3 N–H and O–H groups in total. The highest BCUT2D eigenvalue weighted by atomic mass is 16.6. The minimum Gasteiger partial charge on any atom is -0.480 e. The molecular formula is C28H26N2O6. The Balaban J connectivity index is 1.37. The van der Waals surface area contributed by atoms with Crippen LogP contribution in [0.4, 0.5) is 4.79 Å². The number of carboxylic acid groups (broad SMARTS) is 1. The van der Waals surface area contributed by atoms with Gasteiger partial charge >= 0.3 is 12.1 Å². The van der Waals surface area contributed by atoms with Crippen molar-refractivity contribution in [3.8, 4) is 11.1 Å². The molecular weight excluding hydrogens is 460 g/mol. The summed E-state index contributed by atoms with van der Waals surface area (Å²) in [5, 5.41) is 20.9. The molecule has 0 spiro atoms. The number of aliphatic hydroxyl groups is 1. The maximum absolute atomic E-state index is 13.4. The molecule has 0 saturated heterocycles. The summed E-state index contributed by atoms with van der Waals surface area (Å²) >= 11 is 0. The summed E-state index contributed by atoms with van der Waals surface area (Å²) in [6, 6.07) is 21.1. The fraction of sp³-hybridized carbons (Fsp3) is 0.250. The van der Waals surface area contributed by atoms with Crippen LogP contribution in [-0.2, 0) is 27.3 Å². The SMILES string of the molecule is O=C(O)[C@H](CO)NC(=O)[C@@H]1Cc2ccccc2CN1C(=O)OCC1c2ccccc2-c2ccccc21. The van der Waals surface area contributed by atoms with Crippen LogP contribution in [0.2, 0.25) is 0 Å². The summed E-state index contributed by atoms with van der Waals surface area (Å²) in [4.78, 5) is 39.1. The Bertz CT molecular complexity index is 1280. The van der Waals surface area contributed by atoms with E-state index in [2.05, 4.69) is 17.4 Å². The lowest BCUT2D eigenvalue weighted by Crippen LogP contribution is -2.56. The molecule has 184 valence electrons. The number of aliphatic carboxylic acids is 1. The minimum atomic E-state index is -1.46. The molecule has 1 aliphatic heterocycles. The molecule has 2 aliphatic rings. The van der Waals surface area contributed by atoms with Gasteiger partial charge in [-0.25, -0.2) is 9.59 Å². The maximum Gasteiger partial charge on any atom is 0.410 e. The van der Waals surface area contributed by atoms with Crippen LogP contribution < -0.4 is 5.32 Å². The van der Waals surface area contributed by atoms with Gasteiger partial charge in [-0.3, -0.25) is 9.69 Å². The van der Waals surface area contributed by atoms with E-state index in [1.807, 2.05) is 60.7 Å². The summed E-state index contributed by atoms with van der Waals surface area (Å²) in [6.07, 6.45) is -0.438. The number of amides is 2. The van der Waals surface area contributed by atoms with E-state index in [1.54, 1.807) is 0 Å². The van der Waals surface area contributed by atoms with Gasteiger partial charge in [-0.1, -0.05) is 72.8 Å². The third kappa shape index (κ3) is 4.31. The molecule has 2 atom stereocenters. The van der Waals surface area contributed by atoms with Crippen LogP contribution in [0.1, 0.15) is 28.2 Å². The average Bonchev–Trinajstić information content (AvgIpc) is 3.23. The first kappa shape index (κ1) is 23.6. The second kappa shape index (κ2) is 9.83. The van der Waals surface area contributed by atoms with E-state index in [9.17, 15) is 24.6 Å². The van der Waals surface area contributed by atoms with Crippen LogP contribution in [0.15, 0.2) is 72.8 Å². The van der Waals surface area contributed by atoms with Crippen molar-refractivity contribution in [2.24, 2.45) is 0 Å². The summed E-state index contributed by atoms with van der Waals surface area (Å²) in [6.45, 7) is -0.495. The highest BCUT2D eigenvalue weighted by molar-refractivity contribution is 5.90. The number of hydrogen-bond acceptors (Lipinski definition) is 5. The van der Waals surface area contributed by atoms with E-state index >= 15 is 0 Å². The number of fused-ring (bicyclic) bond motifs is 4. The quantitative estimate of drug-likeness (QED) is 0.493. The molecule has 0 unspecified atom stereocenters. The first-order chi connectivity index (χ1) is 17.5. The van der Waals surface area contributed by atoms with Crippen LogP contribution in [0.25, 0.3) is 11.1 Å². The zero-order chi connectivity index (χ0) is 25.2. The van der Waals surface area contributed by atoms with Crippen molar-refractivity contribution in [2.45, 2.75) is 31.0 Å². The molecule has 1 aliphatic carbocycles. The normalized spacial score (nSPS) is 16.9. The highest BCUT2D eigenvalue weighted by Crippen LogP contribution is 2.44. The summed E-state index contributed by atoms with van der Waals surface area (Å²) in [5.74, 6) is -2.13. The third-order valence-corrected chi connectivity index (χ3v) is 6.92. The standard InChI is InChI=1S/C28H26N2O6/c31-15-24(27(33)34)29-26(32)25-13-17-7-1-2-8-18(17)14-30(25)28(35)36-16-23-21-11-5-3-9-19(21)20-10-4-6-12-22(20)23/h1-12,23-25,31H,13-16H2,(H,29,32)(H,33,34)/t24-,25-/m0/s1. The van der Waals surface area contributed by atoms with E-state index < -0.39 is 36.7 Å². The van der Waals surface area contributed by atoms with Gasteiger partial charge in [0.25, 0.3) is 0 Å². The molecule has 0 saturated carbocycles. The fourth-order valence-electron chi connectivity index (χ4n) is 5.08. The predicted octanol–water partition coefficient (Wildman–Crippen LogP) is 2.92. The zero-order valence-electron chi connectivity index (χ0n) is 19.5. The fourth-order valence-corrected chi connectivity index (χ4v) is 5.08. The number of carbonyl (C=O) groups is 3. The molecule has 0 bridgehead atoms. The van der Waals surface area contributed by atoms with Crippen LogP contribution >= 0.6 is 0 Å². The van der Waals surface area contributed by atoms with Gasteiger partial charge < -0.3 is 20.3 Å². The van der Waals surface area contributed by atoms with Crippen molar-refractivity contribution in [3.05, 3.63) is 95.1 Å². The van der Waals surface area contributed by atoms with E-state index in [-0.39, 0.29) is 25.5 Å². The number of benzene rings is 3. The van der Waals surface area contributed by atoms with Crippen LogP contribution in [-0.4, -0.2) is 58.4 Å². The summed E-state index contributed by atoms with van der Waals surface area (Å²) < 4.78 is 5.79. The minimum absolute atomic E-state index is 0.105. The lowest BCUT2D eigenvalue weighted by molar-refractivity contribution is -0.143. The predicted molar refractivity (Wildman–Crippen MR) is 131 cm³/mol. The van der Waals surface area contributed by atoms with Gasteiger partial charge in [-0.05, 0) is 33.4 Å². The van der Waals surface area contributed by atoms with Crippen molar-refractivity contribution in [3.63, 3.8) is 0 Å². The Kier molecular flexibility index (Phi) is 6.43. The van der Waals surface area contributed by atoms with Crippen molar-refractivity contribution >= 4 is 18.0 Å². The Morgan fingerprint density at radius 2 is 1.50 bits per heavy atom. The number of carbonyl (C=O) groups excluding carboxylic acids is 2. The summed E-state index contributed by atoms with van der Waals surface area (Å²) in [5.41, 5.74) is 6.18. The van der Waals surface area contributed by atoms with Crippen molar-refractivity contribution in [2.75, 3.05) is 13.2 Å². The number of hydrogen-bond donors (Lipinski definition) is 3. The Morgan fingerprint density at radius 1 is 0.917 bits per heavy atom. The lowest BCUT2D eigenvalue weighted by atomic mass is 9.93. The van der Waals surface area contributed by atoms with Crippen molar-refractivity contribution < 1.29 is 29.3 Å².